The molecule has 0 saturated carbocycles. The van der Waals surface area contributed by atoms with Crippen molar-refractivity contribution in [1.82, 2.24) is 10.2 Å². The number of benzene rings is 1. The first-order chi connectivity index (χ1) is 8.49. The van der Waals surface area contributed by atoms with Crippen LogP contribution in [0.3, 0.4) is 0 Å². The van der Waals surface area contributed by atoms with E-state index in [0.717, 1.165) is 12.1 Å². The average molecular weight is 319 g/mol. The molecule has 1 aromatic carbocycles. The maximum absolute atomic E-state index is 13.7. The summed E-state index contributed by atoms with van der Waals surface area (Å²) in [6.45, 7) is 3.60. The van der Waals surface area contributed by atoms with E-state index < -0.39 is 17.5 Å². The monoisotopic (exact) mass is 318 g/mol. The largest absolute Gasteiger partial charge is 0.336 e. The maximum atomic E-state index is 13.7. The molecule has 0 aromatic heterocycles. The van der Waals surface area contributed by atoms with Crippen molar-refractivity contribution in [1.29, 1.82) is 0 Å². The van der Waals surface area contributed by atoms with Crippen LogP contribution in [-0.4, -0.2) is 36.5 Å². The third-order valence-corrected chi connectivity index (χ3v) is 3.50. The lowest BCUT2D eigenvalue weighted by Crippen LogP contribution is -2.51. The summed E-state index contributed by atoms with van der Waals surface area (Å²) in [4.78, 5) is 13.6. The highest BCUT2D eigenvalue weighted by atomic mass is 79.9. The van der Waals surface area contributed by atoms with Crippen molar-refractivity contribution in [2.24, 2.45) is 0 Å². The van der Waals surface area contributed by atoms with Crippen molar-refractivity contribution in [2.45, 2.75) is 13.0 Å². The lowest BCUT2D eigenvalue weighted by molar-refractivity contribution is 0.0703. The minimum absolute atomic E-state index is 0.0187. The van der Waals surface area contributed by atoms with Gasteiger partial charge in [0.05, 0.1) is 10.0 Å². The van der Waals surface area contributed by atoms with Crippen LogP contribution >= 0.6 is 15.9 Å². The molecule has 6 heteroatoms. The van der Waals surface area contributed by atoms with E-state index in [1.165, 1.54) is 4.90 Å². The van der Waals surface area contributed by atoms with Crippen molar-refractivity contribution < 1.29 is 13.6 Å². The van der Waals surface area contributed by atoms with Crippen LogP contribution in [0.15, 0.2) is 16.6 Å². The predicted octanol–water partition coefficient (Wildman–Crippen LogP) is 2.16. The van der Waals surface area contributed by atoms with E-state index in [-0.39, 0.29) is 16.1 Å². The standard InChI is InChI=1S/C12H13BrF2N2O/c1-7-6-17(3-2-16-7)12(18)8-4-11(15)9(13)5-10(8)14/h4-5,7,16H,2-3,6H2,1H3/t7-/m1/s1. The van der Waals surface area contributed by atoms with Gasteiger partial charge in [-0.05, 0) is 35.0 Å². The third-order valence-electron chi connectivity index (χ3n) is 2.90. The Bertz CT molecular complexity index is 481. The number of amides is 1. The van der Waals surface area contributed by atoms with Crippen molar-refractivity contribution in [3.63, 3.8) is 0 Å². The summed E-state index contributed by atoms with van der Waals surface area (Å²) in [6.07, 6.45) is 0. The molecule has 0 aliphatic carbocycles. The van der Waals surface area contributed by atoms with Gasteiger partial charge in [0.1, 0.15) is 11.6 Å². The number of rotatable bonds is 1. The molecule has 1 aromatic rings. The van der Waals surface area contributed by atoms with E-state index in [1.807, 2.05) is 6.92 Å². The van der Waals surface area contributed by atoms with Crippen LogP contribution in [-0.2, 0) is 0 Å². The zero-order chi connectivity index (χ0) is 13.3. The van der Waals surface area contributed by atoms with Crippen LogP contribution in [0.5, 0.6) is 0 Å². The highest BCUT2D eigenvalue weighted by molar-refractivity contribution is 9.10. The van der Waals surface area contributed by atoms with E-state index in [1.54, 1.807) is 0 Å². The number of carbonyl (C=O) groups is 1. The van der Waals surface area contributed by atoms with Crippen LogP contribution in [0.25, 0.3) is 0 Å². The second-order valence-corrected chi connectivity index (χ2v) is 5.21. The normalized spacial score (nSPS) is 20.0. The molecule has 0 spiro atoms. The van der Waals surface area contributed by atoms with Crippen LogP contribution in [0, 0.1) is 11.6 Å². The number of carbonyl (C=O) groups excluding carboxylic acids is 1. The summed E-state index contributed by atoms with van der Waals surface area (Å²) >= 11 is 2.88. The first kappa shape index (κ1) is 13.4. The molecule has 98 valence electrons. The van der Waals surface area contributed by atoms with Gasteiger partial charge in [-0.15, -0.1) is 0 Å². The van der Waals surface area contributed by atoms with E-state index in [2.05, 4.69) is 21.2 Å². The molecule has 0 radical (unpaired) electrons. The van der Waals surface area contributed by atoms with Gasteiger partial charge < -0.3 is 10.2 Å². The Morgan fingerprint density at radius 3 is 2.83 bits per heavy atom. The van der Waals surface area contributed by atoms with Gasteiger partial charge in [0, 0.05) is 25.7 Å². The lowest BCUT2D eigenvalue weighted by atomic mass is 10.1. The summed E-state index contributed by atoms with van der Waals surface area (Å²) in [5.74, 6) is -1.81. The molecule has 1 heterocycles. The van der Waals surface area contributed by atoms with Crippen molar-refractivity contribution in [3.8, 4) is 0 Å². The number of piperazine rings is 1. The summed E-state index contributed by atoms with van der Waals surface area (Å²) in [5, 5.41) is 3.18. The quantitative estimate of drug-likeness (QED) is 0.805. The number of hydrogen-bond acceptors (Lipinski definition) is 2. The molecular formula is C12H13BrF2N2O. The Hall–Kier alpha value is -1.01. The number of nitrogens with one attached hydrogen (secondary N) is 1. The molecule has 0 bridgehead atoms. The van der Waals surface area contributed by atoms with Crippen LogP contribution in [0.2, 0.25) is 0 Å². The van der Waals surface area contributed by atoms with Gasteiger partial charge in [-0.2, -0.15) is 0 Å². The van der Waals surface area contributed by atoms with Gasteiger partial charge in [-0.1, -0.05) is 0 Å². The molecule has 1 atom stereocenters. The van der Waals surface area contributed by atoms with Crippen LogP contribution < -0.4 is 5.32 Å². The van der Waals surface area contributed by atoms with E-state index in [4.69, 9.17) is 0 Å². The highest BCUT2D eigenvalue weighted by Crippen LogP contribution is 2.21. The van der Waals surface area contributed by atoms with Crippen molar-refractivity contribution in [3.05, 3.63) is 33.8 Å². The van der Waals surface area contributed by atoms with Gasteiger partial charge in [0.15, 0.2) is 0 Å². The van der Waals surface area contributed by atoms with E-state index in [0.29, 0.717) is 19.6 Å². The molecule has 2 rings (SSSR count). The van der Waals surface area contributed by atoms with Gasteiger partial charge in [-0.3, -0.25) is 4.79 Å². The smallest absolute Gasteiger partial charge is 0.257 e. The summed E-state index contributed by atoms with van der Waals surface area (Å²) in [5.41, 5.74) is -0.218. The van der Waals surface area contributed by atoms with Crippen LogP contribution in [0.1, 0.15) is 17.3 Å². The van der Waals surface area contributed by atoms with Gasteiger partial charge >= 0.3 is 0 Å². The Morgan fingerprint density at radius 2 is 2.17 bits per heavy atom. The second kappa shape index (κ2) is 5.32. The summed E-state index contributed by atoms with van der Waals surface area (Å²) in [6, 6.07) is 2.08. The Labute approximate surface area is 112 Å². The summed E-state index contributed by atoms with van der Waals surface area (Å²) in [7, 11) is 0. The molecule has 0 unspecified atom stereocenters. The molecule has 1 fully saturated rings. The fraction of sp³-hybridized carbons (Fsp3) is 0.417. The second-order valence-electron chi connectivity index (χ2n) is 4.35. The van der Waals surface area contributed by atoms with E-state index in [9.17, 15) is 13.6 Å². The highest BCUT2D eigenvalue weighted by Gasteiger charge is 2.24. The van der Waals surface area contributed by atoms with Crippen molar-refractivity contribution in [2.75, 3.05) is 19.6 Å². The summed E-state index contributed by atoms with van der Waals surface area (Å²) < 4.78 is 27.1. The molecule has 1 amide bonds. The molecule has 3 nitrogen and oxygen atoms in total. The first-order valence-electron chi connectivity index (χ1n) is 5.66. The molecule has 18 heavy (non-hydrogen) atoms. The van der Waals surface area contributed by atoms with Crippen molar-refractivity contribution >= 4 is 21.8 Å². The predicted molar refractivity (Wildman–Crippen MR) is 67.4 cm³/mol. The van der Waals surface area contributed by atoms with Gasteiger partial charge in [0.25, 0.3) is 5.91 Å². The average Bonchev–Trinajstić information content (AvgIpc) is 2.33. The minimum atomic E-state index is -0.709. The Balaban J connectivity index is 2.25. The van der Waals surface area contributed by atoms with Gasteiger partial charge in [-0.25, -0.2) is 8.78 Å². The number of nitrogens with zero attached hydrogens (tertiary/aromatic N) is 1. The maximum Gasteiger partial charge on any atom is 0.257 e. The van der Waals surface area contributed by atoms with E-state index >= 15 is 0 Å². The SMILES string of the molecule is C[C@@H]1CN(C(=O)c2cc(F)c(Br)cc2F)CCN1. The molecule has 1 aliphatic heterocycles. The molecule has 1 aliphatic rings. The molecule has 1 saturated heterocycles. The fourth-order valence-electron chi connectivity index (χ4n) is 1.97. The Morgan fingerprint density at radius 1 is 1.44 bits per heavy atom. The number of halogens is 3. The zero-order valence-corrected chi connectivity index (χ0v) is 11.4. The Kier molecular flexibility index (Phi) is 3.97. The fourth-order valence-corrected chi connectivity index (χ4v) is 2.29. The van der Waals surface area contributed by atoms with Crippen LogP contribution in [0.4, 0.5) is 8.78 Å². The number of hydrogen-bond donors (Lipinski definition) is 1. The molecular weight excluding hydrogens is 306 g/mol. The first-order valence-corrected chi connectivity index (χ1v) is 6.45. The zero-order valence-electron chi connectivity index (χ0n) is 9.84. The topological polar surface area (TPSA) is 32.3 Å². The van der Waals surface area contributed by atoms with Gasteiger partial charge in [0.2, 0.25) is 0 Å². The lowest BCUT2D eigenvalue weighted by Gasteiger charge is -2.32. The third kappa shape index (κ3) is 2.70. The minimum Gasteiger partial charge on any atom is -0.336 e. The molecule has 1 N–H and O–H groups in total.